The number of aliphatic hydroxyl groups excluding tert-OH is 9. The average Bonchev–Trinajstić information content (AvgIpc) is 3.03. The number of primary amides is 2. The van der Waals surface area contributed by atoms with Crippen LogP contribution in [0.3, 0.4) is 0 Å². The lowest BCUT2D eigenvalue weighted by atomic mass is 9.85. The van der Waals surface area contributed by atoms with Crippen molar-refractivity contribution < 1.29 is 60.3 Å². The van der Waals surface area contributed by atoms with Crippen LogP contribution in [0.15, 0.2) is 0 Å². The van der Waals surface area contributed by atoms with Crippen LogP contribution in [-0.4, -0.2) is 118 Å². The van der Waals surface area contributed by atoms with Gasteiger partial charge in [0.1, 0.15) is 6.10 Å². The molecule has 0 aromatic heterocycles. The van der Waals surface area contributed by atoms with E-state index in [1.165, 1.54) is 6.92 Å². The van der Waals surface area contributed by atoms with Crippen molar-refractivity contribution in [3.8, 4) is 0 Å². The number of carbonyl (C=O) groups is 3. The number of ketones is 1. The minimum absolute atomic E-state index is 0.0642. The smallest absolute Gasteiger partial charge is 0.248 e. The molecule has 57 heavy (non-hydrogen) atoms. The van der Waals surface area contributed by atoms with Gasteiger partial charge in [-0.15, -0.1) is 0 Å². The molecule has 0 aliphatic heterocycles. The number of amides is 2. The van der Waals surface area contributed by atoms with Crippen LogP contribution in [0.5, 0.6) is 0 Å². The molecule has 0 heterocycles. The molecule has 14 heteroatoms. The van der Waals surface area contributed by atoms with E-state index in [1.807, 2.05) is 83.1 Å². The first kappa shape index (κ1) is 67.0. The molecule has 0 aliphatic carbocycles. The molecule has 13 N–H and O–H groups in total. The summed E-state index contributed by atoms with van der Waals surface area (Å²) < 4.78 is 0. The zero-order chi connectivity index (χ0) is 48.0. The molecule has 0 saturated heterocycles. The molecule has 0 aromatic carbocycles. The van der Waals surface area contributed by atoms with Crippen molar-refractivity contribution in [3.63, 3.8) is 0 Å². The van der Waals surface area contributed by atoms with Gasteiger partial charge in [-0.05, 0) is 58.7 Å². The molecule has 14 nitrogen and oxygen atoms in total. The van der Waals surface area contributed by atoms with Crippen LogP contribution in [0.1, 0.15) is 172 Å². The first-order valence-electron chi connectivity index (χ1n) is 20.0. The summed E-state index contributed by atoms with van der Waals surface area (Å²) in [6, 6.07) is 0. The third-order valence-electron chi connectivity index (χ3n) is 8.72. The van der Waals surface area contributed by atoms with Gasteiger partial charge in [0.15, 0.2) is 18.0 Å². The van der Waals surface area contributed by atoms with Gasteiger partial charge in [0.2, 0.25) is 11.8 Å². The van der Waals surface area contributed by atoms with Crippen molar-refractivity contribution in [1.29, 1.82) is 0 Å². The maximum absolute atomic E-state index is 10.6. The van der Waals surface area contributed by atoms with Crippen LogP contribution in [0.4, 0.5) is 0 Å². The first-order chi connectivity index (χ1) is 24.7. The highest BCUT2D eigenvalue weighted by Crippen LogP contribution is 2.24. The normalized spacial score (nSPS) is 17.0. The van der Waals surface area contributed by atoms with Crippen molar-refractivity contribution in [3.05, 3.63) is 0 Å². The minimum atomic E-state index is -1.48. The highest BCUT2D eigenvalue weighted by Gasteiger charge is 2.34. The maximum atomic E-state index is 10.6. The number of hydrogen-bond acceptors (Lipinski definition) is 12. The zero-order valence-corrected chi connectivity index (χ0v) is 40.2. The van der Waals surface area contributed by atoms with Gasteiger partial charge in [-0.1, -0.05) is 145 Å². The van der Waals surface area contributed by atoms with E-state index in [-0.39, 0.29) is 34.6 Å². The van der Waals surface area contributed by atoms with Gasteiger partial charge in [-0.3, -0.25) is 14.4 Å². The quantitative estimate of drug-likeness (QED) is 0.156. The van der Waals surface area contributed by atoms with E-state index >= 15 is 0 Å². The number of nitrogens with two attached hydrogens (primary N) is 2. The lowest BCUT2D eigenvalue weighted by Crippen LogP contribution is -2.45. The Balaban J connectivity index is -0.000000138. The van der Waals surface area contributed by atoms with E-state index in [4.69, 9.17) is 26.8 Å². The molecule has 0 bridgehead atoms. The molecule has 3 unspecified atom stereocenters. The standard InChI is InChI=1S/C8H16O3.2C7H15NO3.3C7H16O/c1-5(9)6(10)7(11)8(2,3)4;2*1-7(2,3)5(10)4(9)6(8)11;3*1-5-6(8)7(2,3)4/h6-7,10-11H,1-4H3;2*4-5,9-10H,1-3H3,(H2,8,11);3*6,8H,5H2,1-4H3/t6-,7+;4-,5-;;2*6-;/m00.10./s1. The molecule has 0 aromatic rings. The molecule has 9 atom stereocenters. The summed E-state index contributed by atoms with van der Waals surface area (Å²) in [5, 5.41) is 82.6. The third-order valence-corrected chi connectivity index (χ3v) is 8.72. The Morgan fingerprint density at radius 1 is 0.368 bits per heavy atom. The van der Waals surface area contributed by atoms with E-state index in [1.54, 1.807) is 62.3 Å². The van der Waals surface area contributed by atoms with Crippen LogP contribution in [0.2, 0.25) is 0 Å². The van der Waals surface area contributed by atoms with Crippen LogP contribution in [0.25, 0.3) is 0 Å². The maximum Gasteiger partial charge on any atom is 0.248 e. The Hall–Kier alpha value is -1.75. The summed E-state index contributed by atoms with van der Waals surface area (Å²) in [7, 11) is 0. The minimum Gasteiger partial charge on any atom is -0.393 e. The monoisotopic (exact) mass is 831 g/mol. The number of Topliss-reactive ketones (excluding diaryl/α,β-unsaturated/α-hetero) is 1. The van der Waals surface area contributed by atoms with Crippen LogP contribution < -0.4 is 11.5 Å². The molecule has 0 radical (unpaired) electrons. The summed E-state index contributed by atoms with van der Waals surface area (Å²) in [6.07, 6.45) is -5.32. The van der Waals surface area contributed by atoms with E-state index in [2.05, 4.69) is 0 Å². The van der Waals surface area contributed by atoms with Gasteiger partial charge in [-0.2, -0.15) is 0 Å². The highest BCUT2D eigenvalue weighted by atomic mass is 16.3. The van der Waals surface area contributed by atoms with Crippen molar-refractivity contribution in [1.82, 2.24) is 0 Å². The first-order valence-corrected chi connectivity index (χ1v) is 20.0. The molecular weight excluding hydrogens is 736 g/mol. The van der Waals surface area contributed by atoms with Gasteiger partial charge in [0, 0.05) is 0 Å². The zero-order valence-electron chi connectivity index (χ0n) is 40.2. The molecule has 0 aliphatic rings. The molecule has 0 fully saturated rings. The van der Waals surface area contributed by atoms with Gasteiger partial charge < -0.3 is 57.4 Å². The largest absolute Gasteiger partial charge is 0.393 e. The fourth-order valence-electron chi connectivity index (χ4n) is 3.79. The number of rotatable bonds is 9. The van der Waals surface area contributed by atoms with Gasteiger partial charge in [0.05, 0.1) is 36.6 Å². The summed E-state index contributed by atoms with van der Waals surface area (Å²) in [4.78, 5) is 31.4. The van der Waals surface area contributed by atoms with Gasteiger partial charge in [0.25, 0.3) is 0 Å². The van der Waals surface area contributed by atoms with Gasteiger partial charge in [-0.25, -0.2) is 0 Å². The van der Waals surface area contributed by atoms with E-state index < -0.39 is 70.5 Å². The number of aliphatic hydroxyl groups is 9. The molecule has 0 saturated carbocycles. The second-order valence-corrected chi connectivity index (χ2v) is 21.1. The second-order valence-electron chi connectivity index (χ2n) is 21.1. The van der Waals surface area contributed by atoms with Crippen molar-refractivity contribution in [2.45, 2.75) is 227 Å². The van der Waals surface area contributed by atoms with Crippen LogP contribution in [-0.2, 0) is 14.4 Å². The number of carbonyl (C=O) groups excluding carboxylic acids is 3. The van der Waals surface area contributed by atoms with Gasteiger partial charge >= 0.3 is 0 Å². The summed E-state index contributed by atoms with van der Waals surface area (Å²) >= 11 is 0. The predicted octanol–water partition coefficient (Wildman–Crippen LogP) is 4.23. The Morgan fingerprint density at radius 3 is 0.561 bits per heavy atom. The second kappa shape index (κ2) is 28.7. The third kappa shape index (κ3) is 35.9. The Bertz CT molecular complexity index is 926. The summed E-state index contributed by atoms with van der Waals surface area (Å²) in [5.74, 6) is -2.19. The topological polar surface area (TPSA) is 285 Å². The van der Waals surface area contributed by atoms with Crippen molar-refractivity contribution in [2.24, 2.45) is 44.0 Å². The fourth-order valence-corrected chi connectivity index (χ4v) is 3.79. The molecular formula is C43H94N2O12. The van der Waals surface area contributed by atoms with Crippen LogP contribution >= 0.6 is 0 Å². The van der Waals surface area contributed by atoms with Crippen molar-refractivity contribution in [2.75, 3.05) is 0 Å². The number of hydrogen-bond donors (Lipinski definition) is 11. The molecule has 2 amide bonds. The highest BCUT2D eigenvalue weighted by molar-refractivity contribution is 5.81. The average molecular weight is 831 g/mol. The molecule has 0 spiro atoms. The van der Waals surface area contributed by atoms with E-state index in [0.29, 0.717) is 0 Å². The lowest BCUT2D eigenvalue weighted by Gasteiger charge is -2.28. The summed E-state index contributed by atoms with van der Waals surface area (Å²) in [5.41, 5.74) is 8.24. The SMILES string of the molecule is CC(=O)[C@H](O)[C@@H](O)C(C)(C)C.CC(C)(C)C(O)C(O)C(N)=O.CC(C)(C)[C@@H](O)[C@H](O)C(N)=O.CCC(O)C(C)(C)C.CC[C@@H](O)C(C)(C)C.CC[C@H](O)C(C)(C)C. The lowest BCUT2D eigenvalue weighted by molar-refractivity contribution is -0.137. The Labute approximate surface area is 347 Å². The molecule has 348 valence electrons. The van der Waals surface area contributed by atoms with E-state index in [9.17, 15) is 45.0 Å². The van der Waals surface area contributed by atoms with Crippen molar-refractivity contribution >= 4 is 17.6 Å². The van der Waals surface area contributed by atoms with Crippen LogP contribution in [0, 0.1) is 32.5 Å². The Morgan fingerprint density at radius 2 is 0.526 bits per heavy atom. The fraction of sp³-hybridized carbons (Fsp3) is 0.930. The Kier molecular flexibility index (Phi) is 33.7. The predicted molar refractivity (Wildman–Crippen MR) is 231 cm³/mol. The van der Waals surface area contributed by atoms with E-state index in [0.717, 1.165) is 19.3 Å². The molecule has 0 rings (SSSR count). The summed E-state index contributed by atoms with van der Waals surface area (Å²) in [6.45, 7) is 41.2.